The van der Waals surface area contributed by atoms with E-state index >= 15 is 0 Å². The second-order valence-electron chi connectivity index (χ2n) is 16.5. The lowest BCUT2D eigenvalue weighted by atomic mass is 9.84. The number of aryl methyl sites for hydroxylation is 1. The zero-order valence-corrected chi connectivity index (χ0v) is 35.6. The van der Waals surface area contributed by atoms with Crippen molar-refractivity contribution in [1.82, 2.24) is 9.47 Å². The van der Waals surface area contributed by atoms with Crippen LogP contribution in [0.15, 0.2) is 146 Å². The van der Waals surface area contributed by atoms with Gasteiger partial charge in [0.05, 0.1) is 25.4 Å². The van der Waals surface area contributed by atoms with Gasteiger partial charge >= 0.3 is 5.91 Å². The number of hydrogen-bond donors (Lipinski definition) is 0. The van der Waals surface area contributed by atoms with Crippen molar-refractivity contribution in [2.24, 2.45) is 7.05 Å². The first-order chi connectivity index (χ1) is 29.9. The van der Waals surface area contributed by atoms with Gasteiger partial charge in [-0.05, 0) is 60.7 Å². The summed E-state index contributed by atoms with van der Waals surface area (Å²) >= 11 is 12.3. The molecule has 1 aromatic heterocycles. The summed E-state index contributed by atoms with van der Waals surface area (Å²) in [6.45, 7) is 0.951. The molecule has 0 radical (unpaired) electrons. The number of aromatic nitrogens is 1. The molecule has 5 aliphatic heterocycles. The topological polar surface area (TPSA) is 93.1 Å². The lowest BCUT2D eigenvalue weighted by Crippen LogP contribution is -2.39. The fraction of sp³-hybridized carbons (Fsp3) is 0.176. The van der Waals surface area contributed by atoms with Gasteiger partial charge in [-0.2, -0.15) is 0 Å². The van der Waals surface area contributed by atoms with Crippen LogP contribution >= 0.6 is 23.2 Å². The minimum absolute atomic E-state index is 0.0832. The van der Waals surface area contributed by atoms with Crippen LogP contribution in [0.5, 0.6) is 34.5 Å². The molecule has 310 valence electrons. The largest absolute Gasteiger partial charge is 0.625 e. The highest BCUT2D eigenvalue weighted by Crippen LogP contribution is 2.53. The highest BCUT2D eigenvalue weighted by molar-refractivity contribution is 6.31. The Labute approximate surface area is 369 Å². The number of hydrogen-bond acceptors (Lipinski definition) is 6. The highest BCUT2D eigenvalue weighted by atomic mass is 35.5. The first-order valence-corrected chi connectivity index (χ1v) is 21.2. The smallest absolute Gasteiger partial charge is 0.321 e. The van der Waals surface area contributed by atoms with E-state index in [1.54, 1.807) is 4.90 Å². The predicted octanol–water partition coefficient (Wildman–Crippen LogP) is 12.0. The van der Waals surface area contributed by atoms with Crippen LogP contribution in [0.1, 0.15) is 45.9 Å². The lowest BCUT2D eigenvalue weighted by Gasteiger charge is -2.31. The molecular formula is C51H41Cl2N3O6. The molecular weight excluding hydrogens is 821 g/mol. The van der Waals surface area contributed by atoms with E-state index in [9.17, 15) is 14.8 Å². The zero-order valence-electron chi connectivity index (χ0n) is 34.1. The summed E-state index contributed by atoms with van der Waals surface area (Å²) < 4.78 is 19.4. The van der Waals surface area contributed by atoms with Crippen molar-refractivity contribution in [2.45, 2.75) is 23.7 Å². The molecule has 0 saturated carbocycles. The number of amides is 2. The molecule has 0 N–H and O–H groups in total. The SMILES string of the molecule is CN1C[C@@H]2c3cc(Cl)ccc3Oc3ccccc3[C@H]2C1=O.C[N+]1([O-])CC2c3ccccc3Oc3ccccc3C2C1=O.Cn1cc2c(c1)-c1cc(Cl)ccc1Oc1ccccc1-2. The molecule has 62 heavy (non-hydrogen) atoms. The molecule has 3 unspecified atom stereocenters. The van der Waals surface area contributed by atoms with Crippen molar-refractivity contribution in [1.29, 1.82) is 0 Å². The molecule has 0 spiro atoms. The highest BCUT2D eigenvalue weighted by Gasteiger charge is 2.51. The summed E-state index contributed by atoms with van der Waals surface area (Å²) in [6, 6.07) is 42.5. The molecule has 0 bridgehead atoms. The molecule has 5 atom stereocenters. The van der Waals surface area contributed by atoms with Crippen LogP contribution in [0.3, 0.4) is 0 Å². The number of halogens is 2. The van der Waals surface area contributed by atoms with Gasteiger partial charge in [-0.25, -0.2) is 4.79 Å². The van der Waals surface area contributed by atoms with Gasteiger partial charge < -0.3 is 28.9 Å². The Morgan fingerprint density at radius 3 is 1.71 bits per heavy atom. The standard InChI is InChI=1S/C17H14ClNO2.C17H12ClNO.C17H15NO3/c1-19-9-13-12-8-10(18)6-7-15(12)21-14-5-3-2-4-11(14)16(13)17(19)20;1-19-9-14-12-4-2-3-5-16(12)20-17-7-6-11(18)8-13(17)15(14)10-19;1-18(20)10-13-11-6-2-4-8-14(11)21-15-9-5-3-7-12(15)16(13)17(18)19/h2-8,13,16H,9H2,1H3;2-10H,1H3;2-9,13,16H,10H2,1H3/t13-,16-;;/m1../s1. The summed E-state index contributed by atoms with van der Waals surface area (Å²) in [5.41, 5.74) is 8.20. The normalized spacial score (nSPS) is 21.7. The number of quaternary nitrogens is 1. The number of nitrogens with zero attached hydrogens (tertiary/aromatic N) is 3. The number of ether oxygens (including phenoxy) is 3. The number of fused-ring (bicyclic) bond motifs is 15. The Balaban J connectivity index is 0.000000111. The van der Waals surface area contributed by atoms with Crippen molar-refractivity contribution < 1.29 is 28.4 Å². The van der Waals surface area contributed by atoms with Crippen molar-refractivity contribution >= 4 is 35.0 Å². The summed E-state index contributed by atoms with van der Waals surface area (Å²) in [5, 5.41) is 13.9. The third-order valence-corrected chi connectivity index (χ3v) is 12.9. The second-order valence-corrected chi connectivity index (χ2v) is 17.4. The van der Waals surface area contributed by atoms with E-state index < -0.39 is 10.6 Å². The van der Waals surface area contributed by atoms with E-state index in [-0.39, 0.29) is 36.1 Å². The molecule has 2 amide bonds. The second kappa shape index (κ2) is 15.5. The van der Waals surface area contributed by atoms with Crippen LogP contribution in [0.2, 0.25) is 10.0 Å². The number of carbonyl (C=O) groups excluding carboxylic acids is 2. The summed E-state index contributed by atoms with van der Waals surface area (Å²) in [5.74, 6) is 3.89. The fourth-order valence-corrected chi connectivity index (χ4v) is 9.94. The van der Waals surface area contributed by atoms with Gasteiger partial charge in [0.1, 0.15) is 40.4 Å². The molecule has 0 aliphatic carbocycles. The van der Waals surface area contributed by atoms with Crippen LogP contribution in [0.4, 0.5) is 0 Å². The van der Waals surface area contributed by atoms with Gasteiger partial charge in [0.25, 0.3) is 0 Å². The average Bonchev–Trinajstić information content (AvgIpc) is 3.77. The van der Waals surface area contributed by atoms with Crippen LogP contribution < -0.4 is 14.2 Å². The molecule has 7 aromatic rings. The van der Waals surface area contributed by atoms with E-state index in [1.165, 1.54) is 12.6 Å². The molecule has 6 heterocycles. The van der Waals surface area contributed by atoms with Gasteiger partial charge in [0, 0.05) is 93.5 Å². The first kappa shape index (κ1) is 39.8. The first-order valence-electron chi connectivity index (χ1n) is 20.5. The Hall–Kier alpha value is -6.36. The zero-order chi connectivity index (χ0) is 42.9. The lowest BCUT2D eigenvalue weighted by molar-refractivity contribution is -0.774. The van der Waals surface area contributed by atoms with Gasteiger partial charge in [-0.3, -0.25) is 9.44 Å². The Kier molecular flexibility index (Phi) is 9.95. The van der Waals surface area contributed by atoms with Crippen molar-refractivity contribution in [3.8, 4) is 56.8 Å². The summed E-state index contributed by atoms with van der Waals surface area (Å²) in [4.78, 5) is 27.0. The molecule has 2 fully saturated rings. The van der Waals surface area contributed by atoms with Gasteiger partial charge in [0.15, 0.2) is 0 Å². The maximum absolute atomic E-state index is 12.6. The van der Waals surface area contributed by atoms with Gasteiger partial charge in [-0.1, -0.05) is 96.0 Å². The van der Waals surface area contributed by atoms with Crippen molar-refractivity contribution in [2.75, 3.05) is 27.2 Å². The number of carbonyl (C=O) groups is 2. The van der Waals surface area contributed by atoms with Gasteiger partial charge in [-0.15, -0.1) is 0 Å². The van der Waals surface area contributed by atoms with E-state index in [0.717, 1.165) is 67.7 Å². The number of hydroxylamine groups is 3. The van der Waals surface area contributed by atoms with E-state index in [0.29, 0.717) is 22.3 Å². The molecule has 2 saturated heterocycles. The minimum Gasteiger partial charge on any atom is -0.625 e. The number of para-hydroxylation sites is 4. The Bertz CT molecular complexity index is 2930. The van der Waals surface area contributed by atoms with E-state index in [4.69, 9.17) is 37.4 Å². The molecule has 6 aromatic carbocycles. The third kappa shape index (κ3) is 6.91. The van der Waals surface area contributed by atoms with Crippen LogP contribution in [-0.4, -0.2) is 53.1 Å². The van der Waals surface area contributed by atoms with E-state index in [1.807, 2.05) is 141 Å². The number of likely N-dealkylation sites (tertiary alicyclic amines) is 2. The van der Waals surface area contributed by atoms with E-state index in [2.05, 4.69) is 23.0 Å². The monoisotopic (exact) mass is 861 g/mol. The van der Waals surface area contributed by atoms with Crippen LogP contribution in [-0.2, 0) is 16.6 Å². The maximum atomic E-state index is 12.6. The van der Waals surface area contributed by atoms with Crippen molar-refractivity contribution in [3.63, 3.8) is 0 Å². The third-order valence-electron chi connectivity index (χ3n) is 12.4. The summed E-state index contributed by atoms with van der Waals surface area (Å²) in [6.07, 6.45) is 4.23. The molecule has 11 heteroatoms. The van der Waals surface area contributed by atoms with Crippen LogP contribution in [0.25, 0.3) is 22.3 Å². The van der Waals surface area contributed by atoms with Gasteiger partial charge in [0.2, 0.25) is 5.91 Å². The Morgan fingerprint density at radius 2 is 1.03 bits per heavy atom. The predicted molar refractivity (Wildman–Crippen MR) is 240 cm³/mol. The quantitative estimate of drug-likeness (QED) is 0.111. The summed E-state index contributed by atoms with van der Waals surface area (Å²) in [7, 11) is 5.33. The number of likely N-dealkylation sites (N-methyl/N-ethyl adjacent to an activating group) is 2. The molecule has 5 aliphatic rings. The molecule has 12 rings (SSSR count). The molecule has 9 nitrogen and oxygen atoms in total. The van der Waals surface area contributed by atoms with Crippen molar-refractivity contribution in [3.05, 3.63) is 183 Å². The van der Waals surface area contributed by atoms with Crippen LogP contribution in [0, 0.1) is 5.21 Å². The number of rotatable bonds is 0. The Morgan fingerprint density at radius 1 is 0.548 bits per heavy atom. The number of benzene rings is 6. The maximum Gasteiger partial charge on any atom is 0.321 e. The average molecular weight is 863 g/mol. The minimum atomic E-state index is -0.821. The fourth-order valence-electron chi connectivity index (χ4n) is 9.58.